The van der Waals surface area contributed by atoms with Crippen molar-refractivity contribution in [3.63, 3.8) is 0 Å². The molecule has 0 bridgehead atoms. The highest BCUT2D eigenvalue weighted by Crippen LogP contribution is 2.23. The lowest BCUT2D eigenvalue weighted by atomic mass is 9.91. The van der Waals surface area contributed by atoms with E-state index in [1.54, 1.807) is 7.11 Å². The van der Waals surface area contributed by atoms with Crippen molar-refractivity contribution in [3.05, 3.63) is 42.0 Å². The molecular formula is C38H66O4. The third kappa shape index (κ3) is 23.7. The molecule has 0 saturated heterocycles. The summed E-state index contributed by atoms with van der Waals surface area (Å²) in [6, 6.07) is 8.16. The van der Waals surface area contributed by atoms with Crippen molar-refractivity contribution in [1.82, 2.24) is 0 Å². The Bertz CT molecular complexity index is 742. The maximum Gasteiger partial charge on any atom is 0.306 e. The van der Waals surface area contributed by atoms with Crippen molar-refractivity contribution in [2.75, 3.05) is 20.3 Å². The average molecular weight is 587 g/mol. The molecule has 0 aliphatic rings. The molecular weight excluding hydrogens is 520 g/mol. The number of methoxy groups -OCH3 is 1. The normalized spacial score (nSPS) is 12.2. The van der Waals surface area contributed by atoms with E-state index in [1.165, 1.54) is 115 Å². The number of hydrogen-bond acceptors (Lipinski definition) is 4. The van der Waals surface area contributed by atoms with Gasteiger partial charge < -0.3 is 14.2 Å². The molecule has 0 aliphatic carbocycles. The number of allylic oxidation sites excluding steroid dienone is 1. The van der Waals surface area contributed by atoms with Crippen LogP contribution >= 0.6 is 0 Å². The first-order chi connectivity index (χ1) is 20.7. The van der Waals surface area contributed by atoms with E-state index in [9.17, 15) is 4.79 Å². The number of carbonyl (C=O) groups is 1. The van der Waals surface area contributed by atoms with Gasteiger partial charge in [0.05, 0.1) is 13.7 Å². The minimum Gasteiger partial charge on any atom is -0.497 e. The second-order valence-electron chi connectivity index (χ2n) is 12.1. The molecule has 0 saturated carbocycles. The molecule has 0 fully saturated rings. The van der Waals surface area contributed by atoms with E-state index in [0.29, 0.717) is 19.6 Å². The van der Waals surface area contributed by atoms with Crippen LogP contribution < -0.4 is 4.74 Å². The predicted molar refractivity (Wildman–Crippen MR) is 179 cm³/mol. The number of carbonyl (C=O) groups excluding carboxylic acids is 1. The van der Waals surface area contributed by atoms with Gasteiger partial charge in [-0.05, 0) is 49.3 Å². The number of hydrogen-bond donors (Lipinski definition) is 0. The fourth-order valence-corrected chi connectivity index (χ4v) is 5.48. The van der Waals surface area contributed by atoms with Crippen molar-refractivity contribution in [3.8, 4) is 5.75 Å². The SMILES string of the molecule is CCCCCCCC/C=C\COC(=O)CCCCCCC(CCCCCCCCC)CCOCc1ccc(OC)cc1. The number of esters is 1. The van der Waals surface area contributed by atoms with Gasteiger partial charge in [0, 0.05) is 13.0 Å². The van der Waals surface area contributed by atoms with Crippen LogP contribution in [0.1, 0.15) is 161 Å². The zero-order chi connectivity index (χ0) is 30.4. The van der Waals surface area contributed by atoms with Gasteiger partial charge in [-0.25, -0.2) is 0 Å². The van der Waals surface area contributed by atoms with Crippen molar-refractivity contribution in [1.29, 1.82) is 0 Å². The quantitative estimate of drug-likeness (QED) is 0.0511. The molecule has 0 aromatic heterocycles. The summed E-state index contributed by atoms with van der Waals surface area (Å²) >= 11 is 0. The minimum atomic E-state index is -0.0509. The van der Waals surface area contributed by atoms with Crippen LogP contribution in [0.3, 0.4) is 0 Å². The smallest absolute Gasteiger partial charge is 0.306 e. The fourth-order valence-electron chi connectivity index (χ4n) is 5.48. The number of rotatable bonds is 30. The monoisotopic (exact) mass is 586 g/mol. The predicted octanol–water partition coefficient (Wildman–Crippen LogP) is 11.5. The Hall–Kier alpha value is -1.81. The summed E-state index contributed by atoms with van der Waals surface area (Å²) in [6.45, 7) is 6.45. The van der Waals surface area contributed by atoms with Gasteiger partial charge in [0.2, 0.25) is 0 Å². The van der Waals surface area contributed by atoms with Gasteiger partial charge in [-0.3, -0.25) is 4.79 Å². The summed E-state index contributed by atoms with van der Waals surface area (Å²) in [6.07, 6.45) is 31.5. The topological polar surface area (TPSA) is 44.8 Å². The van der Waals surface area contributed by atoms with Gasteiger partial charge in [0.25, 0.3) is 0 Å². The highest BCUT2D eigenvalue weighted by molar-refractivity contribution is 5.69. The molecule has 0 spiro atoms. The van der Waals surface area contributed by atoms with Gasteiger partial charge in [0.1, 0.15) is 12.4 Å². The van der Waals surface area contributed by atoms with Crippen molar-refractivity contribution in [2.24, 2.45) is 5.92 Å². The summed E-state index contributed by atoms with van der Waals surface area (Å²) in [7, 11) is 1.70. The number of ether oxygens (including phenoxy) is 3. The standard InChI is InChI=1S/C38H66O4/c1-4-6-8-10-12-13-15-19-23-32-42-38(39)26-22-18-17-21-25-35(24-20-16-14-11-9-7-5-2)31-33-41-34-36-27-29-37(40-3)30-28-36/h19,23,27-30,35H,4-18,20-22,24-26,31-34H2,1-3H3/b23-19-. The van der Waals surface area contributed by atoms with E-state index in [4.69, 9.17) is 14.2 Å². The third-order valence-corrected chi connectivity index (χ3v) is 8.29. The highest BCUT2D eigenvalue weighted by atomic mass is 16.5. The van der Waals surface area contributed by atoms with Gasteiger partial charge in [0.15, 0.2) is 0 Å². The summed E-state index contributed by atoms with van der Waals surface area (Å²) in [4.78, 5) is 12.1. The Kier molecular flexibility index (Phi) is 26.6. The largest absolute Gasteiger partial charge is 0.497 e. The molecule has 1 atom stereocenters. The minimum absolute atomic E-state index is 0.0509. The molecule has 42 heavy (non-hydrogen) atoms. The second kappa shape index (κ2) is 29.3. The van der Waals surface area contributed by atoms with Crippen LogP contribution in [-0.2, 0) is 20.9 Å². The van der Waals surface area contributed by atoms with E-state index in [1.807, 2.05) is 18.2 Å². The number of unbranched alkanes of at least 4 members (excludes halogenated alkanes) is 15. The summed E-state index contributed by atoms with van der Waals surface area (Å²) in [5, 5.41) is 0. The lowest BCUT2D eigenvalue weighted by Crippen LogP contribution is -2.07. The first-order valence-electron chi connectivity index (χ1n) is 17.7. The lowest BCUT2D eigenvalue weighted by molar-refractivity contribution is -0.142. The Morgan fingerprint density at radius 2 is 1.26 bits per heavy atom. The maximum absolute atomic E-state index is 12.1. The Morgan fingerprint density at radius 3 is 1.88 bits per heavy atom. The molecule has 0 N–H and O–H groups in total. The van der Waals surface area contributed by atoms with Crippen LogP contribution in [0.5, 0.6) is 5.75 Å². The van der Waals surface area contributed by atoms with Crippen molar-refractivity contribution in [2.45, 2.75) is 162 Å². The Balaban J connectivity index is 2.16. The summed E-state index contributed by atoms with van der Waals surface area (Å²) in [5.74, 6) is 1.58. The Morgan fingerprint density at radius 1 is 0.690 bits per heavy atom. The van der Waals surface area contributed by atoms with E-state index >= 15 is 0 Å². The molecule has 4 nitrogen and oxygen atoms in total. The zero-order valence-corrected chi connectivity index (χ0v) is 27.9. The molecule has 0 aliphatic heterocycles. The van der Waals surface area contributed by atoms with Crippen LogP contribution in [0.2, 0.25) is 0 Å². The van der Waals surface area contributed by atoms with E-state index < -0.39 is 0 Å². The maximum atomic E-state index is 12.1. The van der Waals surface area contributed by atoms with Gasteiger partial charge in [-0.2, -0.15) is 0 Å². The lowest BCUT2D eigenvalue weighted by Gasteiger charge is -2.17. The van der Waals surface area contributed by atoms with E-state index in [0.717, 1.165) is 44.0 Å². The molecule has 1 rings (SSSR count). The van der Waals surface area contributed by atoms with Gasteiger partial charge in [-0.1, -0.05) is 147 Å². The van der Waals surface area contributed by atoms with Crippen LogP contribution in [0.25, 0.3) is 0 Å². The van der Waals surface area contributed by atoms with Crippen molar-refractivity contribution < 1.29 is 19.0 Å². The van der Waals surface area contributed by atoms with Crippen molar-refractivity contribution >= 4 is 5.97 Å². The molecule has 0 heterocycles. The molecule has 0 amide bonds. The molecule has 1 aromatic carbocycles. The fraction of sp³-hybridized carbons (Fsp3) is 0.763. The zero-order valence-electron chi connectivity index (χ0n) is 27.9. The highest BCUT2D eigenvalue weighted by Gasteiger charge is 2.10. The Labute approximate surface area is 260 Å². The molecule has 1 aromatic rings. The number of benzene rings is 1. The molecule has 0 radical (unpaired) electrons. The molecule has 242 valence electrons. The van der Waals surface area contributed by atoms with Gasteiger partial charge >= 0.3 is 5.97 Å². The van der Waals surface area contributed by atoms with Crippen LogP contribution in [0.15, 0.2) is 36.4 Å². The second-order valence-corrected chi connectivity index (χ2v) is 12.1. The first-order valence-corrected chi connectivity index (χ1v) is 17.7. The summed E-state index contributed by atoms with van der Waals surface area (Å²) < 4.78 is 16.7. The summed E-state index contributed by atoms with van der Waals surface area (Å²) in [5.41, 5.74) is 1.20. The van der Waals surface area contributed by atoms with Gasteiger partial charge in [-0.15, -0.1) is 0 Å². The van der Waals surface area contributed by atoms with E-state index in [2.05, 4.69) is 32.1 Å². The van der Waals surface area contributed by atoms with Crippen LogP contribution in [-0.4, -0.2) is 26.3 Å². The average Bonchev–Trinajstić information content (AvgIpc) is 3.01. The van der Waals surface area contributed by atoms with E-state index in [-0.39, 0.29) is 5.97 Å². The van der Waals surface area contributed by atoms with Crippen LogP contribution in [0, 0.1) is 5.92 Å². The molecule has 4 heteroatoms. The first kappa shape index (κ1) is 38.2. The molecule has 1 unspecified atom stereocenters. The van der Waals surface area contributed by atoms with Crippen LogP contribution in [0.4, 0.5) is 0 Å². The third-order valence-electron chi connectivity index (χ3n) is 8.29.